The second-order valence-electron chi connectivity index (χ2n) is 6.09. The normalized spacial score (nSPS) is 11.8. The largest absolute Gasteiger partial charge is 0.497 e. The smallest absolute Gasteiger partial charge is 0.123 e. The van der Waals surface area contributed by atoms with Gasteiger partial charge in [0.15, 0.2) is 0 Å². The van der Waals surface area contributed by atoms with Gasteiger partial charge in [0.2, 0.25) is 0 Å². The van der Waals surface area contributed by atoms with E-state index in [-0.39, 0.29) is 5.82 Å². The SMILES string of the molecule is CCC(CCCCc1cccc(F)c1)c1cc(C#N)cc(OC)c1. The zero-order valence-corrected chi connectivity index (χ0v) is 14.4. The minimum Gasteiger partial charge on any atom is -0.497 e. The first-order valence-corrected chi connectivity index (χ1v) is 8.49. The van der Waals surface area contributed by atoms with E-state index in [2.05, 4.69) is 13.0 Å². The fourth-order valence-corrected chi connectivity index (χ4v) is 3.06. The number of benzene rings is 2. The number of rotatable bonds is 8. The quantitative estimate of drug-likeness (QED) is 0.591. The highest BCUT2D eigenvalue weighted by Crippen LogP contribution is 2.29. The first-order chi connectivity index (χ1) is 11.7. The zero-order valence-electron chi connectivity index (χ0n) is 14.4. The lowest BCUT2D eigenvalue weighted by molar-refractivity contribution is 0.413. The number of nitrogens with zero attached hydrogens (tertiary/aromatic N) is 1. The number of hydrogen-bond acceptors (Lipinski definition) is 2. The number of ether oxygens (including phenoxy) is 1. The Labute approximate surface area is 143 Å². The summed E-state index contributed by atoms with van der Waals surface area (Å²) in [5.74, 6) is 0.987. The summed E-state index contributed by atoms with van der Waals surface area (Å²) in [4.78, 5) is 0. The molecule has 0 aliphatic rings. The average molecular weight is 325 g/mol. The first kappa shape index (κ1) is 18.0. The topological polar surface area (TPSA) is 33.0 Å². The minimum atomic E-state index is -0.167. The maximum Gasteiger partial charge on any atom is 0.123 e. The molecule has 2 nitrogen and oxygen atoms in total. The van der Waals surface area contributed by atoms with Crippen molar-refractivity contribution in [3.05, 3.63) is 65.0 Å². The molecule has 1 atom stereocenters. The second-order valence-corrected chi connectivity index (χ2v) is 6.09. The molecule has 3 heteroatoms. The molecule has 2 aromatic rings. The van der Waals surface area contributed by atoms with Crippen LogP contribution in [0.15, 0.2) is 42.5 Å². The van der Waals surface area contributed by atoms with E-state index in [1.807, 2.05) is 18.2 Å². The van der Waals surface area contributed by atoms with Gasteiger partial charge in [-0.1, -0.05) is 25.5 Å². The molecule has 0 fully saturated rings. The highest BCUT2D eigenvalue weighted by atomic mass is 19.1. The van der Waals surface area contributed by atoms with Gasteiger partial charge in [-0.2, -0.15) is 5.26 Å². The molecule has 24 heavy (non-hydrogen) atoms. The van der Waals surface area contributed by atoms with E-state index in [4.69, 9.17) is 10.00 Å². The number of aryl methyl sites for hydroxylation is 1. The van der Waals surface area contributed by atoms with Gasteiger partial charge in [0.25, 0.3) is 0 Å². The van der Waals surface area contributed by atoms with Crippen LogP contribution in [0.1, 0.15) is 55.2 Å². The van der Waals surface area contributed by atoms with Crippen molar-refractivity contribution in [1.82, 2.24) is 0 Å². The predicted octanol–water partition coefficient (Wildman–Crippen LogP) is 5.61. The Balaban J connectivity index is 1.93. The van der Waals surface area contributed by atoms with Crippen LogP contribution in [0.2, 0.25) is 0 Å². The molecule has 0 radical (unpaired) electrons. The van der Waals surface area contributed by atoms with Crippen LogP contribution in [0.3, 0.4) is 0 Å². The van der Waals surface area contributed by atoms with Gasteiger partial charge in [0.05, 0.1) is 18.7 Å². The van der Waals surface area contributed by atoms with E-state index in [0.717, 1.165) is 43.4 Å². The van der Waals surface area contributed by atoms with Gasteiger partial charge in [0, 0.05) is 0 Å². The van der Waals surface area contributed by atoms with Crippen LogP contribution in [-0.4, -0.2) is 7.11 Å². The Hall–Kier alpha value is -2.34. The fourth-order valence-electron chi connectivity index (χ4n) is 3.06. The number of methoxy groups -OCH3 is 1. The molecule has 0 heterocycles. The molecular weight excluding hydrogens is 301 g/mol. The van der Waals surface area contributed by atoms with Gasteiger partial charge < -0.3 is 4.74 Å². The molecule has 0 saturated carbocycles. The molecule has 0 aliphatic carbocycles. The van der Waals surface area contributed by atoms with Gasteiger partial charge in [0.1, 0.15) is 11.6 Å². The van der Waals surface area contributed by atoms with Crippen molar-refractivity contribution >= 4 is 0 Å². The molecule has 0 aliphatic heterocycles. The third-order valence-electron chi connectivity index (χ3n) is 4.41. The molecular formula is C21H24FNO. The van der Waals surface area contributed by atoms with Gasteiger partial charge in [-0.15, -0.1) is 0 Å². The third-order valence-corrected chi connectivity index (χ3v) is 4.41. The molecule has 0 bridgehead atoms. The lowest BCUT2D eigenvalue weighted by Crippen LogP contribution is -2.00. The van der Waals surface area contributed by atoms with Gasteiger partial charge >= 0.3 is 0 Å². The molecule has 2 rings (SSSR count). The van der Waals surface area contributed by atoms with Crippen LogP contribution >= 0.6 is 0 Å². The summed E-state index contributed by atoms with van der Waals surface area (Å²) < 4.78 is 18.5. The molecule has 126 valence electrons. The molecule has 0 spiro atoms. The molecule has 0 saturated heterocycles. The van der Waals surface area contributed by atoms with Crippen LogP contribution in [0.5, 0.6) is 5.75 Å². The molecule has 0 amide bonds. The minimum absolute atomic E-state index is 0.167. The van der Waals surface area contributed by atoms with Crippen molar-refractivity contribution in [2.45, 2.75) is 44.9 Å². The van der Waals surface area contributed by atoms with Crippen molar-refractivity contribution < 1.29 is 9.13 Å². The van der Waals surface area contributed by atoms with Crippen molar-refractivity contribution in [1.29, 1.82) is 5.26 Å². The molecule has 0 aromatic heterocycles. The van der Waals surface area contributed by atoms with E-state index in [1.54, 1.807) is 25.3 Å². The third kappa shape index (κ3) is 5.09. The predicted molar refractivity (Wildman–Crippen MR) is 94.7 cm³/mol. The Morgan fingerprint density at radius 3 is 2.67 bits per heavy atom. The van der Waals surface area contributed by atoms with Crippen molar-refractivity contribution in [3.8, 4) is 11.8 Å². The van der Waals surface area contributed by atoms with Crippen LogP contribution in [0.4, 0.5) is 4.39 Å². The lowest BCUT2D eigenvalue weighted by Gasteiger charge is -2.16. The maximum absolute atomic E-state index is 13.2. The molecule has 0 N–H and O–H groups in total. The fraction of sp³-hybridized carbons (Fsp3) is 0.381. The van der Waals surface area contributed by atoms with E-state index in [9.17, 15) is 4.39 Å². The van der Waals surface area contributed by atoms with Crippen LogP contribution in [-0.2, 0) is 6.42 Å². The molecule has 1 unspecified atom stereocenters. The van der Waals surface area contributed by atoms with Gasteiger partial charge in [-0.25, -0.2) is 4.39 Å². The summed E-state index contributed by atoms with van der Waals surface area (Å²) in [6.45, 7) is 2.17. The Morgan fingerprint density at radius 1 is 1.17 bits per heavy atom. The summed E-state index contributed by atoms with van der Waals surface area (Å²) in [6.07, 6.45) is 5.10. The first-order valence-electron chi connectivity index (χ1n) is 8.49. The van der Waals surface area contributed by atoms with Crippen molar-refractivity contribution in [3.63, 3.8) is 0 Å². The summed E-state index contributed by atoms with van der Waals surface area (Å²) in [5.41, 5.74) is 2.86. The second kappa shape index (κ2) is 9.08. The number of halogens is 1. The zero-order chi connectivity index (χ0) is 17.4. The van der Waals surface area contributed by atoms with Crippen LogP contribution in [0.25, 0.3) is 0 Å². The Kier molecular flexibility index (Phi) is 6.81. The summed E-state index contributed by atoms with van der Waals surface area (Å²) in [5, 5.41) is 9.16. The number of hydrogen-bond donors (Lipinski definition) is 0. The maximum atomic E-state index is 13.2. The van der Waals surface area contributed by atoms with E-state index in [0.29, 0.717) is 11.5 Å². The van der Waals surface area contributed by atoms with Gasteiger partial charge in [-0.3, -0.25) is 0 Å². The standard InChI is InChI=1S/C21H24FNO/c1-3-18(19-11-17(15-23)13-21(14-19)24-2)9-5-4-7-16-8-6-10-20(22)12-16/h6,8,10-14,18H,3-5,7,9H2,1-2H3. The van der Waals surface area contributed by atoms with E-state index < -0.39 is 0 Å². The Bertz CT molecular complexity index is 705. The van der Waals surface area contributed by atoms with Gasteiger partial charge in [-0.05, 0) is 73.1 Å². The van der Waals surface area contributed by atoms with Crippen molar-refractivity contribution in [2.24, 2.45) is 0 Å². The van der Waals surface area contributed by atoms with Crippen LogP contribution in [0, 0.1) is 17.1 Å². The highest BCUT2D eigenvalue weighted by molar-refractivity contribution is 5.42. The highest BCUT2D eigenvalue weighted by Gasteiger charge is 2.12. The number of unbranched alkanes of at least 4 members (excludes halogenated alkanes) is 1. The summed E-state index contributed by atoms with van der Waals surface area (Å²) >= 11 is 0. The van der Waals surface area contributed by atoms with Crippen molar-refractivity contribution in [2.75, 3.05) is 7.11 Å². The monoisotopic (exact) mass is 325 g/mol. The molecule has 2 aromatic carbocycles. The lowest BCUT2D eigenvalue weighted by atomic mass is 9.89. The van der Waals surface area contributed by atoms with E-state index >= 15 is 0 Å². The number of nitriles is 1. The summed E-state index contributed by atoms with van der Waals surface area (Å²) in [7, 11) is 1.63. The van der Waals surface area contributed by atoms with Crippen LogP contribution < -0.4 is 4.74 Å². The average Bonchev–Trinajstić information content (AvgIpc) is 2.61. The summed E-state index contributed by atoms with van der Waals surface area (Å²) in [6, 6.07) is 14.8. The Morgan fingerprint density at radius 2 is 2.00 bits per heavy atom. The van der Waals surface area contributed by atoms with E-state index in [1.165, 1.54) is 11.6 Å².